The summed E-state index contributed by atoms with van der Waals surface area (Å²) in [6, 6.07) is -0.0136. The first-order chi connectivity index (χ1) is 7.00. The fraction of sp³-hybridized carbons (Fsp3) is 0.917. The highest BCUT2D eigenvalue weighted by atomic mass is 16.2. The van der Waals surface area contributed by atoms with Gasteiger partial charge in [0.05, 0.1) is 0 Å². The summed E-state index contributed by atoms with van der Waals surface area (Å²) in [6.45, 7) is 8.27. The molecule has 0 spiro atoms. The van der Waals surface area contributed by atoms with Gasteiger partial charge in [-0.3, -0.25) is 4.79 Å². The lowest BCUT2D eigenvalue weighted by Crippen LogP contribution is -2.41. The lowest BCUT2D eigenvalue weighted by Gasteiger charge is -2.34. The Labute approximate surface area is 93.0 Å². The molecule has 1 rings (SSSR count). The van der Waals surface area contributed by atoms with Gasteiger partial charge >= 0.3 is 0 Å². The number of carbonyl (C=O) groups is 1. The lowest BCUT2D eigenvalue weighted by atomic mass is 9.86. The van der Waals surface area contributed by atoms with E-state index < -0.39 is 0 Å². The number of hydrogen-bond donors (Lipinski definition) is 1. The Bertz CT molecular complexity index is 206. The third-order valence-electron chi connectivity index (χ3n) is 3.33. The summed E-state index contributed by atoms with van der Waals surface area (Å²) in [5, 5.41) is 0. The number of amides is 1. The molecule has 1 atom stereocenters. The summed E-state index contributed by atoms with van der Waals surface area (Å²) in [7, 11) is 0. The molecule has 1 heterocycles. The Morgan fingerprint density at radius 1 is 1.33 bits per heavy atom. The number of carbonyl (C=O) groups excluding carboxylic acids is 1. The molecule has 1 saturated heterocycles. The summed E-state index contributed by atoms with van der Waals surface area (Å²) in [4.78, 5) is 13.7. The van der Waals surface area contributed by atoms with E-state index in [0.29, 0.717) is 6.42 Å². The van der Waals surface area contributed by atoms with Crippen molar-refractivity contribution in [3.8, 4) is 0 Å². The van der Waals surface area contributed by atoms with Crippen LogP contribution in [0.5, 0.6) is 0 Å². The average Bonchev–Trinajstić information content (AvgIpc) is 2.17. The van der Waals surface area contributed by atoms with Crippen molar-refractivity contribution in [3.05, 3.63) is 0 Å². The number of rotatable bonds is 3. The van der Waals surface area contributed by atoms with E-state index in [9.17, 15) is 4.79 Å². The molecule has 1 fully saturated rings. The minimum Gasteiger partial charge on any atom is -0.343 e. The second-order valence-corrected chi connectivity index (χ2v) is 5.14. The summed E-state index contributed by atoms with van der Waals surface area (Å²) < 4.78 is 0. The lowest BCUT2D eigenvalue weighted by molar-refractivity contribution is -0.133. The van der Waals surface area contributed by atoms with Gasteiger partial charge in [0.1, 0.15) is 0 Å². The van der Waals surface area contributed by atoms with Crippen LogP contribution in [-0.4, -0.2) is 29.9 Å². The van der Waals surface area contributed by atoms with Gasteiger partial charge < -0.3 is 10.6 Å². The Morgan fingerprint density at radius 3 is 2.27 bits per heavy atom. The Morgan fingerprint density at radius 2 is 1.87 bits per heavy atom. The van der Waals surface area contributed by atoms with Crippen LogP contribution in [0, 0.1) is 11.8 Å². The second kappa shape index (κ2) is 5.50. The molecule has 0 aromatic carbocycles. The molecule has 0 radical (unpaired) electrons. The van der Waals surface area contributed by atoms with Crippen LogP contribution in [0.2, 0.25) is 0 Å². The highest BCUT2D eigenvalue weighted by molar-refractivity contribution is 5.76. The fourth-order valence-corrected chi connectivity index (χ4v) is 2.22. The largest absolute Gasteiger partial charge is 0.343 e. The van der Waals surface area contributed by atoms with E-state index in [0.717, 1.165) is 37.8 Å². The van der Waals surface area contributed by atoms with Crippen LogP contribution < -0.4 is 5.73 Å². The molecule has 2 N–H and O–H groups in total. The van der Waals surface area contributed by atoms with Gasteiger partial charge in [-0.15, -0.1) is 0 Å². The minimum atomic E-state index is -0.0136. The Kier molecular flexibility index (Phi) is 4.58. The molecule has 88 valence electrons. The van der Waals surface area contributed by atoms with Gasteiger partial charge in [-0.05, 0) is 31.6 Å². The maximum absolute atomic E-state index is 11.7. The molecule has 1 aliphatic rings. The summed E-state index contributed by atoms with van der Waals surface area (Å²) in [5.41, 5.74) is 5.63. The fourth-order valence-electron chi connectivity index (χ4n) is 2.22. The highest BCUT2D eigenvalue weighted by Gasteiger charge is 2.24. The van der Waals surface area contributed by atoms with Gasteiger partial charge in [0.15, 0.2) is 0 Å². The Balaban J connectivity index is 2.34. The van der Waals surface area contributed by atoms with Crippen molar-refractivity contribution in [2.45, 2.75) is 46.1 Å². The molecular weight excluding hydrogens is 188 g/mol. The van der Waals surface area contributed by atoms with Crippen LogP contribution in [0.3, 0.4) is 0 Å². The molecule has 1 aliphatic heterocycles. The minimum absolute atomic E-state index is 0.0136. The first-order valence-corrected chi connectivity index (χ1v) is 6.04. The first-order valence-electron chi connectivity index (χ1n) is 6.04. The van der Waals surface area contributed by atoms with E-state index >= 15 is 0 Å². The molecule has 3 heteroatoms. The number of nitrogens with two attached hydrogens (primary N) is 1. The van der Waals surface area contributed by atoms with Crippen molar-refractivity contribution < 1.29 is 4.79 Å². The molecule has 0 aromatic rings. The molecule has 1 amide bonds. The van der Waals surface area contributed by atoms with Gasteiger partial charge in [-0.1, -0.05) is 13.8 Å². The van der Waals surface area contributed by atoms with Crippen LogP contribution in [0.25, 0.3) is 0 Å². The Hall–Kier alpha value is -0.570. The predicted octanol–water partition coefficient (Wildman–Crippen LogP) is 1.62. The van der Waals surface area contributed by atoms with Crippen LogP contribution in [0.4, 0.5) is 0 Å². The molecule has 0 aliphatic carbocycles. The average molecular weight is 212 g/mol. The van der Waals surface area contributed by atoms with Gasteiger partial charge in [-0.25, -0.2) is 0 Å². The van der Waals surface area contributed by atoms with Crippen molar-refractivity contribution in [1.29, 1.82) is 0 Å². The van der Waals surface area contributed by atoms with Crippen LogP contribution in [0.1, 0.15) is 40.0 Å². The third kappa shape index (κ3) is 3.82. The molecule has 0 bridgehead atoms. The van der Waals surface area contributed by atoms with E-state index in [4.69, 9.17) is 5.73 Å². The van der Waals surface area contributed by atoms with Crippen molar-refractivity contribution >= 4 is 5.91 Å². The van der Waals surface area contributed by atoms with Crippen molar-refractivity contribution in [1.82, 2.24) is 4.90 Å². The zero-order valence-corrected chi connectivity index (χ0v) is 10.2. The van der Waals surface area contributed by atoms with Gasteiger partial charge in [0.25, 0.3) is 0 Å². The molecule has 0 saturated carbocycles. The predicted molar refractivity (Wildman–Crippen MR) is 62.4 cm³/mol. The maximum Gasteiger partial charge on any atom is 0.224 e. The van der Waals surface area contributed by atoms with Crippen LogP contribution in [0.15, 0.2) is 0 Å². The van der Waals surface area contributed by atoms with Crippen LogP contribution >= 0.6 is 0 Å². The SMILES string of the molecule is CC(N)CC(=O)N1CCC(C(C)C)CC1. The van der Waals surface area contributed by atoms with E-state index in [2.05, 4.69) is 13.8 Å². The van der Waals surface area contributed by atoms with Crippen LogP contribution in [-0.2, 0) is 4.79 Å². The molecular formula is C12H24N2O. The summed E-state index contributed by atoms with van der Waals surface area (Å²) in [5.74, 6) is 1.77. The zero-order chi connectivity index (χ0) is 11.4. The smallest absolute Gasteiger partial charge is 0.224 e. The number of hydrogen-bond acceptors (Lipinski definition) is 2. The van der Waals surface area contributed by atoms with Crippen molar-refractivity contribution in [3.63, 3.8) is 0 Å². The highest BCUT2D eigenvalue weighted by Crippen LogP contribution is 2.24. The topological polar surface area (TPSA) is 46.3 Å². The molecule has 3 nitrogen and oxygen atoms in total. The molecule has 0 aromatic heterocycles. The number of likely N-dealkylation sites (tertiary alicyclic amines) is 1. The summed E-state index contributed by atoms with van der Waals surface area (Å²) in [6.07, 6.45) is 2.80. The zero-order valence-electron chi connectivity index (χ0n) is 10.2. The maximum atomic E-state index is 11.7. The van der Waals surface area contributed by atoms with Gasteiger partial charge in [-0.2, -0.15) is 0 Å². The van der Waals surface area contributed by atoms with Gasteiger partial charge in [0.2, 0.25) is 5.91 Å². The van der Waals surface area contributed by atoms with Crippen molar-refractivity contribution in [2.24, 2.45) is 17.6 Å². The monoisotopic (exact) mass is 212 g/mol. The molecule has 15 heavy (non-hydrogen) atoms. The van der Waals surface area contributed by atoms with E-state index in [1.54, 1.807) is 0 Å². The summed E-state index contributed by atoms with van der Waals surface area (Å²) >= 11 is 0. The molecule has 1 unspecified atom stereocenters. The van der Waals surface area contributed by atoms with Gasteiger partial charge in [0, 0.05) is 25.6 Å². The first kappa shape index (κ1) is 12.5. The van der Waals surface area contributed by atoms with Crippen molar-refractivity contribution in [2.75, 3.05) is 13.1 Å². The van der Waals surface area contributed by atoms with E-state index in [1.807, 2.05) is 11.8 Å². The quantitative estimate of drug-likeness (QED) is 0.772. The standard InChI is InChI=1S/C12H24N2O/c1-9(2)11-4-6-14(7-5-11)12(15)8-10(3)13/h9-11H,4-8,13H2,1-3H3. The van der Waals surface area contributed by atoms with E-state index in [-0.39, 0.29) is 11.9 Å². The normalized spacial score (nSPS) is 20.7. The second-order valence-electron chi connectivity index (χ2n) is 5.14. The third-order valence-corrected chi connectivity index (χ3v) is 3.33. The van der Waals surface area contributed by atoms with E-state index in [1.165, 1.54) is 0 Å². The number of piperidine rings is 1. The number of nitrogens with zero attached hydrogens (tertiary/aromatic N) is 1.